The fourth-order valence-electron chi connectivity index (χ4n) is 3.12. The third-order valence-corrected chi connectivity index (χ3v) is 7.30. The van der Waals surface area contributed by atoms with Crippen molar-refractivity contribution < 1.29 is 27.2 Å². The Balaban J connectivity index is 1.93. The van der Waals surface area contributed by atoms with Crippen LogP contribution in [0, 0.1) is 5.82 Å². The van der Waals surface area contributed by atoms with E-state index in [1.165, 1.54) is 50.2 Å². The van der Waals surface area contributed by atoms with E-state index in [-0.39, 0.29) is 10.6 Å². The molecule has 0 spiro atoms. The molecule has 1 heterocycles. The Labute approximate surface area is 201 Å². The maximum Gasteiger partial charge on any atom is 0.238 e. The second-order valence-electron chi connectivity index (χ2n) is 7.12. The summed E-state index contributed by atoms with van der Waals surface area (Å²) in [6.07, 6.45) is 1.32. The van der Waals surface area contributed by atoms with Crippen LogP contribution in [0.4, 0.5) is 4.39 Å². The van der Waals surface area contributed by atoms with Gasteiger partial charge in [0, 0.05) is 30.3 Å². The maximum atomic E-state index is 14.4. The number of ether oxygens (including phenoxy) is 1. The van der Waals surface area contributed by atoms with Gasteiger partial charge in [-0.1, -0.05) is 30.0 Å². The molecule has 0 aliphatic heterocycles. The smallest absolute Gasteiger partial charge is 0.238 e. The van der Waals surface area contributed by atoms with Gasteiger partial charge in [-0.2, -0.15) is 0 Å². The first kappa shape index (κ1) is 25.2. The summed E-state index contributed by atoms with van der Waals surface area (Å²) in [6.45, 7) is 0. The number of nitrogens with two attached hydrogens (primary N) is 1. The predicted molar refractivity (Wildman–Crippen MR) is 130 cm³/mol. The summed E-state index contributed by atoms with van der Waals surface area (Å²) in [7, 11) is -0.967. The zero-order valence-electron chi connectivity index (χ0n) is 17.9. The van der Waals surface area contributed by atoms with Crippen LogP contribution in [0.3, 0.4) is 0 Å². The van der Waals surface area contributed by atoms with Gasteiger partial charge in [0.15, 0.2) is 15.9 Å². The van der Waals surface area contributed by atoms with Crippen molar-refractivity contribution in [3.63, 3.8) is 0 Å². The van der Waals surface area contributed by atoms with Crippen molar-refractivity contribution in [2.75, 3.05) is 19.9 Å². The zero-order chi connectivity index (χ0) is 24.2. The Bertz CT molecular complexity index is 1240. The molecule has 0 radical (unpaired) electrons. The normalized spacial score (nSPS) is 11.4. The van der Waals surface area contributed by atoms with Gasteiger partial charge in [0.05, 0.1) is 12.0 Å². The van der Waals surface area contributed by atoms with E-state index in [2.05, 4.69) is 0 Å². The highest BCUT2D eigenvalue weighted by Crippen LogP contribution is 2.37. The zero-order valence-corrected chi connectivity index (χ0v) is 20.4. The van der Waals surface area contributed by atoms with Crippen molar-refractivity contribution in [1.82, 2.24) is 5.06 Å². The molecule has 0 saturated heterocycles. The quantitative estimate of drug-likeness (QED) is 0.256. The highest BCUT2D eigenvalue weighted by atomic mass is 32.2. The van der Waals surface area contributed by atoms with Crippen molar-refractivity contribution in [2.24, 2.45) is 5.14 Å². The number of hydroxylamine groups is 2. The lowest BCUT2D eigenvalue weighted by Gasteiger charge is -2.09. The van der Waals surface area contributed by atoms with Crippen LogP contribution in [0.15, 0.2) is 57.8 Å². The summed E-state index contributed by atoms with van der Waals surface area (Å²) >= 11 is 6.40. The number of thioether (sulfide) groups is 1. The number of benzene rings is 2. The highest BCUT2D eigenvalue weighted by Gasteiger charge is 2.18. The molecule has 0 amide bonds. The molecule has 7 nitrogen and oxygen atoms in total. The molecule has 3 N–H and O–H groups in total. The maximum absolute atomic E-state index is 14.4. The molecule has 0 aliphatic carbocycles. The van der Waals surface area contributed by atoms with Crippen LogP contribution >= 0.6 is 24.0 Å². The van der Waals surface area contributed by atoms with Gasteiger partial charge in [0.1, 0.15) is 11.5 Å². The van der Waals surface area contributed by atoms with E-state index in [4.69, 9.17) is 26.5 Å². The molecular weight excluding hydrogens is 487 g/mol. The number of aryl methyl sites for hydroxylation is 1. The summed E-state index contributed by atoms with van der Waals surface area (Å²) in [5, 5.41) is 15.4. The SMILES string of the molecule is COc1ccc(-c2cc(CCCSC(=S)N(C)O)oc2-c2ccc(S(N)(=O)=O)cc2)cc1F. The molecule has 2 aromatic carbocycles. The van der Waals surface area contributed by atoms with Crippen molar-refractivity contribution in [2.45, 2.75) is 17.7 Å². The molecule has 176 valence electrons. The number of hydrogen-bond acceptors (Lipinski definition) is 7. The van der Waals surface area contributed by atoms with Gasteiger partial charge in [-0.3, -0.25) is 5.21 Å². The van der Waals surface area contributed by atoms with E-state index >= 15 is 0 Å². The van der Waals surface area contributed by atoms with E-state index in [0.29, 0.717) is 44.7 Å². The highest BCUT2D eigenvalue weighted by molar-refractivity contribution is 8.22. The summed E-state index contributed by atoms with van der Waals surface area (Å²) in [5.41, 5.74) is 1.87. The second kappa shape index (κ2) is 10.7. The fraction of sp³-hybridized carbons (Fsp3) is 0.227. The fourth-order valence-corrected chi connectivity index (χ4v) is 4.54. The van der Waals surface area contributed by atoms with Crippen molar-refractivity contribution in [3.05, 3.63) is 60.1 Å². The van der Waals surface area contributed by atoms with Gasteiger partial charge in [0.25, 0.3) is 0 Å². The van der Waals surface area contributed by atoms with Gasteiger partial charge in [-0.25, -0.2) is 23.0 Å². The van der Waals surface area contributed by atoms with Gasteiger partial charge in [-0.15, -0.1) is 0 Å². The molecule has 1 aromatic heterocycles. The van der Waals surface area contributed by atoms with Gasteiger partial charge < -0.3 is 9.15 Å². The number of sulfonamides is 1. The molecule has 0 bridgehead atoms. The van der Waals surface area contributed by atoms with E-state index < -0.39 is 15.8 Å². The number of nitrogens with zero attached hydrogens (tertiary/aromatic N) is 1. The minimum Gasteiger partial charge on any atom is -0.494 e. The first-order valence-corrected chi connectivity index (χ1v) is 12.7. The van der Waals surface area contributed by atoms with Crippen LogP contribution in [-0.2, 0) is 16.4 Å². The van der Waals surface area contributed by atoms with Gasteiger partial charge in [0.2, 0.25) is 10.0 Å². The van der Waals surface area contributed by atoms with E-state index in [0.717, 1.165) is 11.5 Å². The summed E-state index contributed by atoms with van der Waals surface area (Å²) in [6, 6.07) is 12.4. The van der Waals surface area contributed by atoms with Crippen LogP contribution in [-0.4, -0.2) is 42.9 Å². The van der Waals surface area contributed by atoms with E-state index in [9.17, 15) is 18.0 Å². The topological polar surface area (TPSA) is 106 Å². The number of thiocarbonyl (C=S) groups is 1. The molecule has 0 fully saturated rings. The monoisotopic (exact) mass is 510 g/mol. The lowest BCUT2D eigenvalue weighted by atomic mass is 10.0. The Hall–Kier alpha value is -2.44. The average molecular weight is 511 g/mol. The largest absolute Gasteiger partial charge is 0.494 e. The minimum atomic E-state index is -3.83. The standard InChI is InChI=1S/C22H23FN2O5S3/c1-25(26)22(31)32-11-3-4-16-13-18(15-7-10-20(29-2)19(23)12-15)21(30-16)14-5-8-17(9-6-14)33(24,27)28/h5-10,12-13,26H,3-4,11H2,1-2H3,(H2,24,27,28). The van der Waals surface area contributed by atoms with E-state index in [1.54, 1.807) is 18.2 Å². The van der Waals surface area contributed by atoms with Crippen molar-refractivity contribution >= 4 is 38.3 Å². The van der Waals surface area contributed by atoms with Crippen LogP contribution in [0.2, 0.25) is 0 Å². The predicted octanol–water partition coefficient (Wildman–Crippen LogP) is 4.68. The number of furan rings is 1. The van der Waals surface area contributed by atoms with E-state index in [1.807, 2.05) is 6.07 Å². The van der Waals surface area contributed by atoms with Crippen LogP contribution in [0.25, 0.3) is 22.5 Å². The average Bonchev–Trinajstić information content (AvgIpc) is 3.20. The minimum absolute atomic E-state index is 0.0167. The lowest BCUT2D eigenvalue weighted by Crippen LogP contribution is -2.17. The molecule has 33 heavy (non-hydrogen) atoms. The summed E-state index contributed by atoms with van der Waals surface area (Å²) < 4.78 is 49.0. The van der Waals surface area contributed by atoms with Crippen LogP contribution < -0.4 is 9.88 Å². The number of methoxy groups -OCH3 is 1. The van der Waals surface area contributed by atoms with Crippen LogP contribution in [0.1, 0.15) is 12.2 Å². The first-order chi connectivity index (χ1) is 15.6. The summed E-state index contributed by atoms with van der Waals surface area (Å²) in [5.74, 6) is 1.45. The molecule has 0 unspecified atom stereocenters. The molecule has 3 aromatic rings. The summed E-state index contributed by atoms with van der Waals surface area (Å²) in [4.78, 5) is -0.0167. The molecule has 0 atom stereocenters. The molecule has 0 aliphatic rings. The Kier molecular flexibility index (Phi) is 8.14. The van der Waals surface area contributed by atoms with Crippen molar-refractivity contribution in [3.8, 4) is 28.2 Å². The van der Waals surface area contributed by atoms with Crippen LogP contribution in [0.5, 0.6) is 5.75 Å². The number of halogens is 1. The second-order valence-corrected chi connectivity index (χ2v) is 10.4. The molecule has 0 saturated carbocycles. The first-order valence-electron chi connectivity index (χ1n) is 9.79. The molecular formula is C22H23FN2O5S3. The number of hydrogen-bond donors (Lipinski definition) is 2. The third kappa shape index (κ3) is 6.33. The Morgan fingerprint density at radius 1 is 1.21 bits per heavy atom. The molecule has 3 rings (SSSR count). The van der Waals surface area contributed by atoms with Crippen molar-refractivity contribution in [1.29, 1.82) is 0 Å². The Morgan fingerprint density at radius 2 is 1.88 bits per heavy atom. The Morgan fingerprint density at radius 3 is 2.45 bits per heavy atom. The molecule has 11 heteroatoms. The number of rotatable bonds is 8. The lowest BCUT2D eigenvalue weighted by molar-refractivity contribution is 0.0205. The van der Waals surface area contributed by atoms with Gasteiger partial charge in [-0.05, 0) is 54.4 Å². The number of primary sulfonamides is 1. The third-order valence-electron chi connectivity index (χ3n) is 4.75. The van der Waals surface area contributed by atoms with Gasteiger partial charge >= 0.3 is 0 Å².